The van der Waals surface area contributed by atoms with Crippen LogP contribution < -0.4 is 0 Å². The van der Waals surface area contributed by atoms with E-state index in [-0.39, 0.29) is 29.9 Å². The van der Waals surface area contributed by atoms with E-state index in [9.17, 15) is 14.3 Å². The number of halogens is 1. The van der Waals surface area contributed by atoms with E-state index in [0.717, 1.165) is 62.0 Å². The molecule has 4 bridgehead atoms. The van der Waals surface area contributed by atoms with Crippen LogP contribution in [0, 0.1) is 23.6 Å². The molecular weight excluding hydrogens is 367 g/mol. The number of likely N-dealkylation sites (tertiary alicyclic amines) is 1. The van der Waals surface area contributed by atoms with Gasteiger partial charge in [0.2, 0.25) is 5.91 Å². The van der Waals surface area contributed by atoms with Crippen molar-refractivity contribution in [3.8, 4) is 0 Å². The highest BCUT2D eigenvalue weighted by molar-refractivity contribution is 5.79. The zero-order chi connectivity index (χ0) is 20.0. The highest BCUT2D eigenvalue weighted by atomic mass is 19.1. The fraction of sp³-hybridized carbons (Fsp3) is 0.708. The maximum absolute atomic E-state index is 13.7. The molecule has 5 heteroatoms. The van der Waals surface area contributed by atoms with E-state index >= 15 is 0 Å². The molecule has 0 aromatic heterocycles. The molecule has 5 aliphatic rings. The van der Waals surface area contributed by atoms with Gasteiger partial charge in [-0.05, 0) is 93.4 Å². The summed E-state index contributed by atoms with van der Waals surface area (Å²) < 4.78 is 13.4. The lowest BCUT2D eigenvalue weighted by atomic mass is 9.52. The molecule has 29 heavy (non-hydrogen) atoms. The Morgan fingerprint density at radius 1 is 1.10 bits per heavy atom. The second-order valence-electron chi connectivity index (χ2n) is 10.2. The smallest absolute Gasteiger partial charge is 0.237 e. The Morgan fingerprint density at radius 3 is 2.31 bits per heavy atom. The lowest BCUT2D eigenvalue weighted by molar-refractivity contribution is -0.153. The van der Waals surface area contributed by atoms with Crippen LogP contribution in [0.2, 0.25) is 0 Å². The van der Waals surface area contributed by atoms with Gasteiger partial charge in [-0.2, -0.15) is 0 Å². The van der Waals surface area contributed by atoms with Crippen molar-refractivity contribution in [3.05, 3.63) is 35.6 Å². The summed E-state index contributed by atoms with van der Waals surface area (Å²) in [5, 5.41) is 9.68. The van der Waals surface area contributed by atoms with Gasteiger partial charge in [0.05, 0.1) is 13.2 Å². The average Bonchev–Trinajstić information content (AvgIpc) is 3.13. The fourth-order valence-electron chi connectivity index (χ4n) is 7.26. The van der Waals surface area contributed by atoms with Crippen molar-refractivity contribution in [1.29, 1.82) is 0 Å². The van der Waals surface area contributed by atoms with E-state index in [0.29, 0.717) is 13.1 Å². The number of carbonyl (C=O) groups is 1. The van der Waals surface area contributed by atoms with Crippen LogP contribution >= 0.6 is 0 Å². The predicted octanol–water partition coefficient (Wildman–Crippen LogP) is 3.58. The zero-order valence-corrected chi connectivity index (χ0v) is 17.2. The average molecular weight is 401 g/mol. The van der Waals surface area contributed by atoms with Crippen molar-refractivity contribution in [2.75, 3.05) is 19.7 Å². The SMILES string of the molecule is O=C(CN1CCCC1CO)N(Cc1ccc(F)cc1)C12CC3CC(CC(C3)C1)C2. The van der Waals surface area contributed by atoms with Gasteiger partial charge in [-0.25, -0.2) is 4.39 Å². The fourth-order valence-corrected chi connectivity index (χ4v) is 7.26. The highest BCUT2D eigenvalue weighted by Gasteiger charge is 2.54. The first kappa shape index (κ1) is 19.5. The van der Waals surface area contributed by atoms with E-state index in [1.165, 1.54) is 31.4 Å². The van der Waals surface area contributed by atoms with E-state index in [4.69, 9.17) is 0 Å². The normalized spacial score (nSPS) is 35.9. The minimum atomic E-state index is -0.232. The predicted molar refractivity (Wildman–Crippen MR) is 110 cm³/mol. The number of rotatable bonds is 6. The van der Waals surface area contributed by atoms with Crippen LogP contribution in [0.4, 0.5) is 4.39 Å². The van der Waals surface area contributed by atoms with E-state index in [1.807, 2.05) is 12.1 Å². The van der Waals surface area contributed by atoms with Crippen molar-refractivity contribution >= 4 is 5.91 Å². The molecule has 4 aliphatic carbocycles. The van der Waals surface area contributed by atoms with Crippen LogP contribution in [-0.4, -0.2) is 52.1 Å². The van der Waals surface area contributed by atoms with Crippen molar-refractivity contribution in [3.63, 3.8) is 0 Å². The molecule has 1 N–H and O–H groups in total. The lowest BCUT2D eigenvalue weighted by Crippen LogP contribution is -2.62. The van der Waals surface area contributed by atoms with Crippen LogP contribution in [-0.2, 0) is 11.3 Å². The van der Waals surface area contributed by atoms with Crippen LogP contribution in [0.25, 0.3) is 0 Å². The summed E-state index contributed by atoms with van der Waals surface area (Å²) in [6.07, 6.45) is 9.46. The molecule has 4 nitrogen and oxygen atoms in total. The third-order valence-electron chi connectivity index (χ3n) is 8.18. The summed E-state index contributed by atoms with van der Waals surface area (Å²) >= 11 is 0. The summed E-state index contributed by atoms with van der Waals surface area (Å²) in [5.41, 5.74) is 0.991. The van der Waals surface area contributed by atoms with Crippen LogP contribution in [0.1, 0.15) is 56.9 Å². The summed E-state index contributed by atoms with van der Waals surface area (Å²) in [7, 11) is 0. The van der Waals surface area contributed by atoms with Crippen LogP contribution in [0.5, 0.6) is 0 Å². The number of amides is 1. The summed E-state index contributed by atoms with van der Waals surface area (Å²) in [6, 6.07) is 6.76. The summed E-state index contributed by atoms with van der Waals surface area (Å²) in [4.78, 5) is 18.0. The molecule has 1 aromatic rings. The quantitative estimate of drug-likeness (QED) is 0.794. The first-order chi connectivity index (χ1) is 14.0. The minimum Gasteiger partial charge on any atom is -0.395 e. The summed E-state index contributed by atoms with van der Waals surface area (Å²) in [5.74, 6) is 2.26. The number of carbonyl (C=O) groups excluding carboxylic acids is 1. The highest BCUT2D eigenvalue weighted by Crippen LogP contribution is 2.58. The molecule has 1 amide bonds. The Morgan fingerprint density at radius 2 is 1.72 bits per heavy atom. The van der Waals surface area contributed by atoms with Crippen molar-refractivity contribution in [2.45, 2.75) is 69.5 Å². The number of nitrogens with zero attached hydrogens (tertiary/aromatic N) is 2. The largest absolute Gasteiger partial charge is 0.395 e. The number of aliphatic hydroxyl groups excluding tert-OH is 1. The van der Waals surface area contributed by atoms with Crippen LogP contribution in [0.3, 0.4) is 0 Å². The Hall–Kier alpha value is -1.46. The minimum absolute atomic E-state index is 0.0192. The van der Waals surface area contributed by atoms with E-state index in [1.54, 1.807) is 0 Å². The van der Waals surface area contributed by atoms with E-state index in [2.05, 4.69) is 9.80 Å². The third-order valence-corrected chi connectivity index (χ3v) is 8.18. The van der Waals surface area contributed by atoms with Gasteiger partial charge in [0, 0.05) is 18.1 Å². The molecule has 1 aromatic carbocycles. The molecule has 1 unspecified atom stereocenters. The molecule has 1 atom stereocenters. The molecule has 6 rings (SSSR count). The van der Waals surface area contributed by atoms with Gasteiger partial charge in [-0.1, -0.05) is 12.1 Å². The number of benzene rings is 1. The van der Waals surface area contributed by atoms with Crippen LogP contribution in [0.15, 0.2) is 24.3 Å². The molecule has 158 valence electrons. The molecule has 0 spiro atoms. The van der Waals surface area contributed by atoms with Gasteiger partial charge in [0.15, 0.2) is 0 Å². The van der Waals surface area contributed by atoms with Crippen molar-refractivity contribution < 1.29 is 14.3 Å². The molecular formula is C24H33FN2O2. The first-order valence-corrected chi connectivity index (χ1v) is 11.4. The van der Waals surface area contributed by atoms with Gasteiger partial charge in [-0.3, -0.25) is 9.69 Å². The Labute approximate surface area is 173 Å². The third kappa shape index (κ3) is 3.72. The number of hydrogen-bond donors (Lipinski definition) is 1. The Kier molecular flexibility index (Phi) is 5.15. The molecule has 1 saturated heterocycles. The second-order valence-corrected chi connectivity index (χ2v) is 10.2. The maximum atomic E-state index is 13.7. The Bertz CT molecular complexity index is 714. The molecule has 0 radical (unpaired) electrons. The van der Waals surface area contributed by atoms with Gasteiger partial charge in [-0.15, -0.1) is 0 Å². The standard InChI is InChI=1S/C24H33FN2O2/c25-21-5-3-17(4-6-21)14-27(23(29)15-26-7-1-2-22(26)16-28)24-11-18-8-19(12-24)10-20(9-18)13-24/h3-6,18-20,22,28H,1-2,7-16H2. The van der Waals surface area contributed by atoms with Gasteiger partial charge < -0.3 is 10.0 Å². The molecule has 1 heterocycles. The van der Waals surface area contributed by atoms with Gasteiger partial charge in [0.1, 0.15) is 5.82 Å². The number of aliphatic hydroxyl groups is 1. The second kappa shape index (κ2) is 7.66. The van der Waals surface area contributed by atoms with Gasteiger partial charge in [0.25, 0.3) is 0 Å². The monoisotopic (exact) mass is 400 g/mol. The van der Waals surface area contributed by atoms with Gasteiger partial charge >= 0.3 is 0 Å². The maximum Gasteiger partial charge on any atom is 0.237 e. The lowest BCUT2D eigenvalue weighted by Gasteiger charge is -2.60. The number of hydrogen-bond acceptors (Lipinski definition) is 3. The molecule has 5 fully saturated rings. The molecule has 1 aliphatic heterocycles. The van der Waals surface area contributed by atoms with Crippen molar-refractivity contribution in [1.82, 2.24) is 9.80 Å². The topological polar surface area (TPSA) is 43.8 Å². The van der Waals surface area contributed by atoms with Crippen molar-refractivity contribution in [2.24, 2.45) is 17.8 Å². The zero-order valence-electron chi connectivity index (χ0n) is 17.2. The first-order valence-electron chi connectivity index (χ1n) is 11.4. The summed E-state index contributed by atoms with van der Waals surface area (Å²) in [6.45, 7) is 1.99. The molecule has 4 saturated carbocycles. The van der Waals surface area contributed by atoms with E-state index < -0.39 is 0 Å². The Balaban J connectivity index is 1.41.